The van der Waals surface area contributed by atoms with E-state index in [1.807, 2.05) is 0 Å². The van der Waals surface area contributed by atoms with Gasteiger partial charge in [0.1, 0.15) is 0 Å². The van der Waals surface area contributed by atoms with Gasteiger partial charge in [-0.2, -0.15) is 4.31 Å². The van der Waals surface area contributed by atoms with Gasteiger partial charge in [0, 0.05) is 17.6 Å². The van der Waals surface area contributed by atoms with Crippen molar-refractivity contribution in [2.24, 2.45) is 0 Å². The fourth-order valence-electron chi connectivity index (χ4n) is 2.30. The van der Waals surface area contributed by atoms with Gasteiger partial charge in [0.2, 0.25) is 10.0 Å². The minimum Gasteiger partial charge on any atom is -0.395 e. The quantitative estimate of drug-likeness (QED) is 0.923. The van der Waals surface area contributed by atoms with Gasteiger partial charge in [0.05, 0.1) is 11.5 Å². The summed E-state index contributed by atoms with van der Waals surface area (Å²) < 4.78 is 26.4. The third-order valence-corrected chi connectivity index (χ3v) is 5.84. The van der Waals surface area contributed by atoms with E-state index in [9.17, 15) is 13.5 Å². The first-order valence-corrected chi connectivity index (χ1v) is 7.68. The lowest BCUT2D eigenvalue weighted by atomic mass is 10.2. The number of nitrogens with zero attached hydrogens (tertiary/aromatic N) is 1. The summed E-state index contributed by atoms with van der Waals surface area (Å²) in [7, 11) is -3.56. The highest BCUT2D eigenvalue weighted by molar-refractivity contribution is 7.89. The Morgan fingerprint density at radius 3 is 2.89 bits per heavy atom. The molecule has 0 aromatic heterocycles. The molecule has 0 bridgehead atoms. The van der Waals surface area contributed by atoms with Crippen LogP contribution in [0.3, 0.4) is 0 Å². The maximum absolute atomic E-state index is 12.5. The lowest BCUT2D eigenvalue weighted by Crippen LogP contribution is -2.37. The van der Waals surface area contributed by atoms with Crippen LogP contribution in [0.1, 0.15) is 18.4 Å². The molecule has 0 unspecified atom stereocenters. The van der Waals surface area contributed by atoms with Crippen LogP contribution in [-0.2, 0) is 10.0 Å². The van der Waals surface area contributed by atoms with Gasteiger partial charge in [-0.25, -0.2) is 8.42 Å². The number of benzene rings is 1. The van der Waals surface area contributed by atoms with E-state index in [1.54, 1.807) is 25.1 Å². The monoisotopic (exact) mass is 289 g/mol. The van der Waals surface area contributed by atoms with Gasteiger partial charge in [0.15, 0.2) is 0 Å². The molecule has 18 heavy (non-hydrogen) atoms. The normalized spacial score (nSPS) is 21.4. The Kier molecular flexibility index (Phi) is 3.96. The molecular formula is C12H16ClNO3S. The molecule has 1 aromatic carbocycles. The molecule has 1 heterocycles. The lowest BCUT2D eigenvalue weighted by Gasteiger charge is -2.23. The summed E-state index contributed by atoms with van der Waals surface area (Å²) in [5, 5.41) is 9.68. The maximum atomic E-state index is 12.5. The summed E-state index contributed by atoms with van der Waals surface area (Å²) in [6.45, 7) is 2.01. The molecule has 2 rings (SSSR count). The highest BCUT2D eigenvalue weighted by atomic mass is 35.5. The Bertz CT molecular complexity index is 544. The summed E-state index contributed by atoms with van der Waals surface area (Å²) in [4.78, 5) is 0.232. The zero-order valence-corrected chi connectivity index (χ0v) is 11.7. The van der Waals surface area contributed by atoms with Crippen molar-refractivity contribution in [2.75, 3.05) is 13.2 Å². The Morgan fingerprint density at radius 1 is 1.50 bits per heavy atom. The minimum atomic E-state index is -3.56. The molecule has 0 spiro atoms. The van der Waals surface area contributed by atoms with Crippen LogP contribution in [0.25, 0.3) is 0 Å². The van der Waals surface area contributed by atoms with E-state index in [0.717, 1.165) is 6.42 Å². The number of halogens is 1. The predicted octanol–water partition coefficient (Wildman–Crippen LogP) is 1.79. The third kappa shape index (κ3) is 2.28. The second-order valence-electron chi connectivity index (χ2n) is 4.46. The van der Waals surface area contributed by atoms with E-state index < -0.39 is 10.0 Å². The van der Waals surface area contributed by atoms with Crippen LogP contribution >= 0.6 is 11.6 Å². The van der Waals surface area contributed by atoms with Crippen molar-refractivity contribution < 1.29 is 13.5 Å². The van der Waals surface area contributed by atoms with E-state index in [1.165, 1.54) is 4.31 Å². The fourth-order valence-corrected chi connectivity index (χ4v) is 4.47. The van der Waals surface area contributed by atoms with Crippen LogP contribution in [0.15, 0.2) is 23.1 Å². The predicted molar refractivity (Wildman–Crippen MR) is 70.2 cm³/mol. The molecule has 0 amide bonds. The van der Waals surface area contributed by atoms with Gasteiger partial charge in [0.25, 0.3) is 0 Å². The molecule has 1 N–H and O–H groups in total. The number of aliphatic hydroxyl groups excluding tert-OH is 1. The van der Waals surface area contributed by atoms with Crippen molar-refractivity contribution in [3.63, 3.8) is 0 Å². The molecule has 1 aromatic rings. The molecule has 0 saturated carbocycles. The molecule has 1 atom stereocenters. The van der Waals surface area contributed by atoms with Crippen molar-refractivity contribution in [1.29, 1.82) is 0 Å². The van der Waals surface area contributed by atoms with Gasteiger partial charge in [-0.05, 0) is 37.5 Å². The van der Waals surface area contributed by atoms with Gasteiger partial charge in [-0.3, -0.25) is 0 Å². The Hall–Kier alpha value is -0.620. The Morgan fingerprint density at radius 2 is 2.22 bits per heavy atom. The van der Waals surface area contributed by atoms with E-state index in [-0.39, 0.29) is 17.5 Å². The summed E-state index contributed by atoms with van der Waals surface area (Å²) in [5.41, 5.74) is 0.558. The summed E-state index contributed by atoms with van der Waals surface area (Å²) in [5.74, 6) is 0. The van der Waals surface area contributed by atoms with Crippen LogP contribution in [0.2, 0.25) is 5.02 Å². The molecule has 1 aliphatic heterocycles. The molecule has 0 radical (unpaired) electrons. The first-order chi connectivity index (χ1) is 8.48. The highest BCUT2D eigenvalue weighted by Gasteiger charge is 2.35. The molecule has 1 fully saturated rings. The first-order valence-electron chi connectivity index (χ1n) is 5.86. The molecule has 1 aliphatic rings. The SMILES string of the molecule is Cc1c(Cl)cccc1S(=O)(=O)N1CCC[C@@H]1CO. The first kappa shape index (κ1) is 13.8. The molecule has 100 valence electrons. The Balaban J connectivity index is 2.45. The zero-order valence-electron chi connectivity index (χ0n) is 10.1. The highest BCUT2D eigenvalue weighted by Crippen LogP contribution is 2.30. The van der Waals surface area contributed by atoms with Crippen molar-refractivity contribution in [3.8, 4) is 0 Å². The maximum Gasteiger partial charge on any atom is 0.243 e. The second kappa shape index (κ2) is 5.17. The number of aliphatic hydroxyl groups is 1. The molecule has 0 aliphatic carbocycles. The number of sulfonamides is 1. The average Bonchev–Trinajstić information content (AvgIpc) is 2.81. The van der Waals surface area contributed by atoms with Crippen molar-refractivity contribution in [1.82, 2.24) is 4.31 Å². The smallest absolute Gasteiger partial charge is 0.243 e. The van der Waals surface area contributed by atoms with Gasteiger partial charge in [-0.1, -0.05) is 17.7 Å². The molecule has 1 saturated heterocycles. The topological polar surface area (TPSA) is 57.6 Å². The standard InChI is InChI=1S/C12H16ClNO3S/c1-9-11(13)5-2-6-12(9)18(16,17)14-7-3-4-10(14)8-15/h2,5-6,10,15H,3-4,7-8H2,1H3/t10-/m1/s1. The van der Waals surface area contributed by atoms with Crippen LogP contribution in [0, 0.1) is 6.92 Å². The number of rotatable bonds is 3. The second-order valence-corrected chi connectivity index (χ2v) is 6.72. The van der Waals surface area contributed by atoms with Crippen LogP contribution in [-0.4, -0.2) is 37.0 Å². The van der Waals surface area contributed by atoms with Gasteiger partial charge >= 0.3 is 0 Å². The third-order valence-electron chi connectivity index (χ3n) is 3.34. The molecular weight excluding hydrogens is 274 g/mol. The molecule has 6 heteroatoms. The largest absolute Gasteiger partial charge is 0.395 e. The van der Waals surface area contributed by atoms with Crippen molar-refractivity contribution in [2.45, 2.75) is 30.7 Å². The Labute approximate surface area is 112 Å². The fraction of sp³-hybridized carbons (Fsp3) is 0.500. The summed E-state index contributed by atoms with van der Waals surface area (Å²) in [6.07, 6.45) is 1.49. The van der Waals surface area contributed by atoms with Crippen molar-refractivity contribution in [3.05, 3.63) is 28.8 Å². The van der Waals surface area contributed by atoms with Crippen LogP contribution in [0.4, 0.5) is 0 Å². The zero-order chi connectivity index (χ0) is 13.3. The van der Waals surface area contributed by atoms with Gasteiger partial charge < -0.3 is 5.11 Å². The van der Waals surface area contributed by atoms with E-state index in [4.69, 9.17) is 11.6 Å². The van der Waals surface area contributed by atoms with Gasteiger partial charge in [-0.15, -0.1) is 0 Å². The summed E-state index contributed by atoms with van der Waals surface area (Å²) in [6, 6.07) is 4.55. The molecule has 4 nitrogen and oxygen atoms in total. The average molecular weight is 290 g/mol. The van der Waals surface area contributed by atoms with E-state index in [2.05, 4.69) is 0 Å². The minimum absolute atomic E-state index is 0.140. The van der Waals surface area contributed by atoms with Crippen molar-refractivity contribution >= 4 is 21.6 Å². The number of hydrogen-bond donors (Lipinski definition) is 1. The number of hydrogen-bond acceptors (Lipinski definition) is 3. The summed E-state index contributed by atoms with van der Waals surface area (Å²) >= 11 is 5.96. The lowest BCUT2D eigenvalue weighted by molar-refractivity contribution is 0.213. The van der Waals surface area contributed by atoms with E-state index >= 15 is 0 Å². The van der Waals surface area contributed by atoms with Crippen LogP contribution in [0.5, 0.6) is 0 Å². The van der Waals surface area contributed by atoms with Crippen LogP contribution < -0.4 is 0 Å². The van der Waals surface area contributed by atoms with E-state index in [0.29, 0.717) is 23.6 Å².